The minimum atomic E-state index is -0.614. The first kappa shape index (κ1) is 23.2. The monoisotopic (exact) mass is 403 g/mol. The number of carbonyl (C=O) groups excluding carboxylic acids is 2. The van der Waals surface area contributed by atoms with Gasteiger partial charge in [-0.2, -0.15) is 0 Å². The van der Waals surface area contributed by atoms with Crippen LogP contribution in [0.15, 0.2) is 24.3 Å². The third kappa shape index (κ3) is 8.05. The molecule has 1 heterocycles. The van der Waals surface area contributed by atoms with Gasteiger partial charge in [0.2, 0.25) is 5.91 Å². The SMILES string of the molecule is CCCN(C)Cc1ccc(CC(NC(=O)OC(C)(C)C)C(=O)N2CCCC2)cc1. The molecule has 1 aliphatic rings. The molecule has 0 aromatic heterocycles. The average molecular weight is 404 g/mol. The normalized spacial score (nSPS) is 15.4. The molecule has 2 amide bonds. The van der Waals surface area contributed by atoms with Gasteiger partial charge in [-0.05, 0) is 64.8 Å². The van der Waals surface area contributed by atoms with Gasteiger partial charge in [-0.1, -0.05) is 31.2 Å². The number of hydrogen-bond acceptors (Lipinski definition) is 4. The van der Waals surface area contributed by atoms with Gasteiger partial charge in [0.15, 0.2) is 0 Å². The van der Waals surface area contributed by atoms with E-state index in [2.05, 4.69) is 48.5 Å². The van der Waals surface area contributed by atoms with Crippen molar-refractivity contribution in [2.24, 2.45) is 0 Å². The molecule has 162 valence electrons. The molecule has 1 saturated heterocycles. The van der Waals surface area contributed by atoms with Crippen molar-refractivity contribution in [2.45, 2.75) is 71.6 Å². The third-order valence-electron chi connectivity index (χ3n) is 4.93. The van der Waals surface area contributed by atoms with Crippen molar-refractivity contribution in [1.29, 1.82) is 0 Å². The molecule has 0 aliphatic carbocycles. The highest BCUT2D eigenvalue weighted by Gasteiger charge is 2.29. The minimum absolute atomic E-state index is 0.0277. The molecule has 1 aliphatic heterocycles. The van der Waals surface area contributed by atoms with E-state index in [-0.39, 0.29) is 5.91 Å². The van der Waals surface area contributed by atoms with Gasteiger partial charge in [-0.3, -0.25) is 4.79 Å². The molecule has 1 unspecified atom stereocenters. The summed E-state index contributed by atoms with van der Waals surface area (Å²) in [5, 5.41) is 2.80. The van der Waals surface area contributed by atoms with E-state index in [9.17, 15) is 9.59 Å². The second kappa shape index (κ2) is 10.6. The van der Waals surface area contributed by atoms with Crippen LogP contribution in [0.1, 0.15) is 58.1 Å². The van der Waals surface area contributed by atoms with Crippen molar-refractivity contribution in [3.8, 4) is 0 Å². The highest BCUT2D eigenvalue weighted by atomic mass is 16.6. The van der Waals surface area contributed by atoms with E-state index in [1.807, 2.05) is 25.7 Å². The van der Waals surface area contributed by atoms with Crippen molar-refractivity contribution in [1.82, 2.24) is 15.1 Å². The number of benzene rings is 1. The number of carbonyl (C=O) groups is 2. The Labute approximate surface area is 175 Å². The lowest BCUT2D eigenvalue weighted by Gasteiger charge is -2.26. The van der Waals surface area contributed by atoms with Crippen LogP contribution in [-0.4, -0.2) is 60.1 Å². The summed E-state index contributed by atoms with van der Waals surface area (Å²) < 4.78 is 5.38. The number of nitrogens with one attached hydrogen (secondary N) is 1. The van der Waals surface area contributed by atoms with Crippen molar-refractivity contribution < 1.29 is 14.3 Å². The number of nitrogens with zero attached hydrogens (tertiary/aromatic N) is 2. The van der Waals surface area contributed by atoms with Crippen LogP contribution < -0.4 is 5.32 Å². The molecule has 6 nitrogen and oxygen atoms in total. The average Bonchev–Trinajstić information content (AvgIpc) is 3.15. The Bertz CT molecular complexity index is 661. The molecule has 1 aromatic carbocycles. The smallest absolute Gasteiger partial charge is 0.408 e. The fraction of sp³-hybridized carbons (Fsp3) is 0.652. The maximum absolute atomic E-state index is 13.0. The Balaban J connectivity index is 2.05. The first-order chi connectivity index (χ1) is 13.7. The van der Waals surface area contributed by atoms with Crippen molar-refractivity contribution >= 4 is 12.0 Å². The van der Waals surface area contributed by atoms with Crippen LogP contribution in [-0.2, 0) is 22.5 Å². The Morgan fingerprint density at radius 2 is 1.72 bits per heavy atom. The molecule has 6 heteroatoms. The number of likely N-dealkylation sites (tertiary alicyclic amines) is 1. The van der Waals surface area contributed by atoms with Crippen LogP contribution in [0.5, 0.6) is 0 Å². The summed E-state index contributed by atoms with van der Waals surface area (Å²) >= 11 is 0. The van der Waals surface area contributed by atoms with Crippen LogP contribution in [0, 0.1) is 0 Å². The molecule has 29 heavy (non-hydrogen) atoms. The predicted molar refractivity (Wildman–Crippen MR) is 116 cm³/mol. The molecule has 1 N–H and O–H groups in total. The second-order valence-corrected chi connectivity index (χ2v) is 8.99. The maximum Gasteiger partial charge on any atom is 0.408 e. The highest BCUT2D eigenvalue weighted by Crippen LogP contribution is 2.15. The van der Waals surface area contributed by atoms with Gasteiger partial charge < -0.3 is 19.9 Å². The van der Waals surface area contributed by atoms with Gasteiger partial charge in [-0.25, -0.2) is 4.79 Å². The molecular weight excluding hydrogens is 366 g/mol. The van der Waals surface area contributed by atoms with Crippen molar-refractivity contribution in [3.05, 3.63) is 35.4 Å². The van der Waals surface area contributed by atoms with E-state index in [1.54, 1.807) is 0 Å². The number of ether oxygens (including phenoxy) is 1. The molecule has 0 spiro atoms. The minimum Gasteiger partial charge on any atom is -0.444 e. The second-order valence-electron chi connectivity index (χ2n) is 8.99. The van der Waals surface area contributed by atoms with Gasteiger partial charge in [0.05, 0.1) is 0 Å². The summed E-state index contributed by atoms with van der Waals surface area (Å²) in [6.45, 7) is 11.1. The van der Waals surface area contributed by atoms with E-state index in [0.717, 1.165) is 51.0 Å². The van der Waals surface area contributed by atoms with Crippen LogP contribution in [0.25, 0.3) is 0 Å². The van der Waals surface area contributed by atoms with Crippen LogP contribution >= 0.6 is 0 Å². The van der Waals surface area contributed by atoms with Gasteiger partial charge in [-0.15, -0.1) is 0 Å². The van der Waals surface area contributed by atoms with Crippen molar-refractivity contribution in [2.75, 3.05) is 26.7 Å². The summed E-state index contributed by atoms with van der Waals surface area (Å²) in [7, 11) is 2.12. The Kier molecular flexibility index (Phi) is 8.50. The van der Waals surface area contributed by atoms with Gasteiger partial charge in [0.25, 0.3) is 0 Å². The highest BCUT2D eigenvalue weighted by molar-refractivity contribution is 5.86. The molecule has 1 atom stereocenters. The number of alkyl carbamates (subject to hydrolysis) is 1. The predicted octanol–water partition coefficient (Wildman–Crippen LogP) is 3.59. The number of amides is 2. The lowest BCUT2D eigenvalue weighted by molar-refractivity contribution is -0.132. The lowest BCUT2D eigenvalue weighted by atomic mass is 10.0. The molecule has 0 radical (unpaired) electrons. The van der Waals surface area contributed by atoms with Crippen LogP contribution in [0.4, 0.5) is 4.79 Å². The van der Waals surface area contributed by atoms with Gasteiger partial charge in [0, 0.05) is 26.1 Å². The summed E-state index contributed by atoms with van der Waals surface area (Å²) in [6, 6.07) is 7.70. The van der Waals surface area contributed by atoms with E-state index in [0.29, 0.717) is 6.42 Å². The topological polar surface area (TPSA) is 61.9 Å². The van der Waals surface area contributed by atoms with E-state index in [1.165, 1.54) is 5.56 Å². The summed E-state index contributed by atoms with van der Waals surface area (Å²) in [5.74, 6) is -0.0277. The summed E-state index contributed by atoms with van der Waals surface area (Å²) in [5.41, 5.74) is 1.67. The standard InChI is InChI=1S/C23H37N3O3/c1-6-13-25(5)17-19-11-9-18(10-12-19)16-20(21(27)26-14-7-8-15-26)24-22(28)29-23(2,3)4/h9-12,20H,6-8,13-17H2,1-5H3,(H,24,28). The molecule has 1 aromatic rings. The van der Waals surface area contributed by atoms with Crippen molar-refractivity contribution in [3.63, 3.8) is 0 Å². The Morgan fingerprint density at radius 3 is 2.28 bits per heavy atom. The summed E-state index contributed by atoms with van der Waals surface area (Å²) in [6.07, 6.45) is 3.08. The fourth-order valence-corrected chi connectivity index (χ4v) is 3.60. The lowest BCUT2D eigenvalue weighted by Crippen LogP contribution is -2.50. The van der Waals surface area contributed by atoms with Crippen LogP contribution in [0.2, 0.25) is 0 Å². The largest absolute Gasteiger partial charge is 0.444 e. The molecule has 2 rings (SSSR count). The molecule has 0 saturated carbocycles. The van der Waals surface area contributed by atoms with E-state index >= 15 is 0 Å². The quantitative estimate of drug-likeness (QED) is 0.721. The molecule has 0 bridgehead atoms. The number of rotatable bonds is 8. The number of hydrogen-bond donors (Lipinski definition) is 1. The Hall–Kier alpha value is -2.08. The third-order valence-corrected chi connectivity index (χ3v) is 4.93. The van der Waals surface area contributed by atoms with E-state index < -0.39 is 17.7 Å². The van der Waals surface area contributed by atoms with Gasteiger partial charge >= 0.3 is 6.09 Å². The zero-order valence-electron chi connectivity index (χ0n) is 18.7. The molecular formula is C23H37N3O3. The first-order valence-corrected chi connectivity index (χ1v) is 10.7. The maximum atomic E-state index is 13.0. The first-order valence-electron chi connectivity index (χ1n) is 10.7. The Morgan fingerprint density at radius 1 is 1.14 bits per heavy atom. The zero-order chi connectivity index (χ0) is 21.4. The van der Waals surface area contributed by atoms with Gasteiger partial charge in [0.1, 0.15) is 11.6 Å². The fourth-order valence-electron chi connectivity index (χ4n) is 3.60. The zero-order valence-corrected chi connectivity index (χ0v) is 18.7. The van der Waals surface area contributed by atoms with E-state index in [4.69, 9.17) is 4.74 Å². The molecule has 1 fully saturated rings. The van der Waals surface area contributed by atoms with Crippen LogP contribution in [0.3, 0.4) is 0 Å². The summed E-state index contributed by atoms with van der Waals surface area (Å²) in [4.78, 5) is 29.4.